The van der Waals surface area contributed by atoms with Crippen LogP contribution in [-0.2, 0) is 16.6 Å². The molecular weight excluding hydrogens is 408 g/mol. The zero-order chi connectivity index (χ0) is 20.9. The van der Waals surface area contributed by atoms with Crippen LogP contribution in [0.15, 0.2) is 35.2 Å². The van der Waals surface area contributed by atoms with Gasteiger partial charge < -0.3 is 19.5 Å². The molecule has 0 radical (unpaired) electrons. The minimum absolute atomic E-state index is 0.0393. The fraction of sp³-hybridized carbons (Fsp3) is 0.278. The van der Waals surface area contributed by atoms with E-state index in [0.29, 0.717) is 22.8 Å². The summed E-state index contributed by atoms with van der Waals surface area (Å²) in [6, 6.07) is 7.23. The predicted octanol–water partition coefficient (Wildman–Crippen LogP) is 2.20. The number of ether oxygens (including phenoxy) is 3. The van der Waals surface area contributed by atoms with Crippen LogP contribution in [0.2, 0.25) is 5.02 Å². The molecule has 152 valence electrons. The van der Waals surface area contributed by atoms with Gasteiger partial charge in [-0.1, -0.05) is 11.6 Å². The van der Waals surface area contributed by atoms with Gasteiger partial charge in [0.15, 0.2) is 11.5 Å². The van der Waals surface area contributed by atoms with Crippen molar-refractivity contribution in [2.45, 2.75) is 11.4 Å². The minimum Gasteiger partial charge on any atom is -0.496 e. The smallest absolute Gasteiger partial charge is 0.253 e. The molecule has 0 aliphatic rings. The van der Waals surface area contributed by atoms with Crippen LogP contribution in [0.4, 0.5) is 0 Å². The summed E-state index contributed by atoms with van der Waals surface area (Å²) in [4.78, 5) is 12.5. The lowest BCUT2D eigenvalue weighted by Gasteiger charge is -2.15. The van der Waals surface area contributed by atoms with Gasteiger partial charge in [0.2, 0.25) is 10.0 Å². The lowest BCUT2D eigenvalue weighted by Crippen LogP contribution is -2.24. The maximum absolute atomic E-state index is 12.6. The Bertz CT molecular complexity index is 978. The van der Waals surface area contributed by atoms with Gasteiger partial charge in [-0.05, 0) is 31.3 Å². The summed E-state index contributed by atoms with van der Waals surface area (Å²) in [7, 11) is 2.08. The molecule has 0 unspecified atom stereocenters. The molecule has 2 rings (SSSR count). The molecular formula is C18H21ClN2O6S. The number of rotatable bonds is 8. The fourth-order valence-electron chi connectivity index (χ4n) is 2.46. The van der Waals surface area contributed by atoms with Crippen LogP contribution in [0, 0.1) is 0 Å². The topological polar surface area (TPSA) is 103 Å². The van der Waals surface area contributed by atoms with Crippen molar-refractivity contribution >= 4 is 27.5 Å². The van der Waals surface area contributed by atoms with E-state index in [0.717, 1.165) is 0 Å². The van der Waals surface area contributed by atoms with Crippen molar-refractivity contribution in [2.24, 2.45) is 0 Å². The van der Waals surface area contributed by atoms with Crippen molar-refractivity contribution in [3.05, 3.63) is 46.5 Å². The van der Waals surface area contributed by atoms with Gasteiger partial charge in [0.25, 0.3) is 5.91 Å². The van der Waals surface area contributed by atoms with Crippen LogP contribution < -0.4 is 24.2 Å². The van der Waals surface area contributed by atoms with E-state index in [1.165, 1.54) is 46.6 Å². The fourth-order valence-corrected chi connectivity index (χ4v) is 3.42. The summed E-state index contributed by atoms with van der Waals surface area (Å²) in [5.74, 6) is 0.931. The molecule has 1 amide bonds. The zero-order valence-corrected chi connectivity index (χ0v) is 17.4. The van der Waals surface area contributed by atoms with E-state index in [-0.39, 0.29) is 22.0 Å². The Morgan fingerprint density at radius 2 is 1.61 bits per heavy atom. The summed E-state index contributed by atoms with van der Waals surface area (Å²) in [6.07, 6.45) is 0. The number of methoxy groups -OCH3 is 3. The zero-order valence-electron chi connectivity index (χ0n) is 15.8. The van der Waals surface area contributed by atoms with Crippen molar-refractivity contribution in [2.75, 3.05) is 28.4 Å². The van der Waals surface area contributed by atoms with Crippen LogP contribution in [0.3, 0.4) is 0 Å². The molecule has 0 aromatic heterocycles. The number of amides is 1. The second-order valence-electron chi connectivity index (χ2n) is 5.55. The summed E-state index contributed by atoms with van der Waals surface area (Å²) in [5.41, 5.74) is 0.682. The highest BCUT2D eigenvalue weighted by Crippen LogP contribution is 2.34. The van der Waals surface area contributed by atoms with Crippen molar-refractivity contribution < 1.29 is 27.4 Å². The summed E-state index contributed by atoms with van der Waals surface area (Å²) >= 11 is 6.07. The first kappa shape index (κ1) is 21.8. The molecule has 10 heteroatoms. The molecule has 0 aliphatic heterocycles. The van der Waals surface area contributed by atoms with Crippen molar-refractivity contribution in [3.8, 4) is 17.2 Å². The number of nitrogens with one attached hydrogen (secondary N) is 2. The SMILES string of the molecule is CNS(=O)(=O)c1ccc(Cl)c(C(=O)NCc2cc(OC)c(OC)cc2OC)c1. The first-order valence-electron chi connectivity index (χ1n) is 8.07. The number of carbonyl (C=O) groups is 1. The molecule has 0 aliphatic carbocycles. The second-order valence-corrected chi connectivity index (χ2v) is 7.84. The monoisotopic (exact) mass is 428 g/mol. The molecule has 0 fully saturated rings. The first-order valence-corrected chi connectivity index (χ1v) is 9.93. The summed E-state index contributed by atoms with van der Waals surface area (Å²) in [6.45, 7) is 0.0989. The Morgan fingerprint density at radius 1 is 1.00 bits per heavy atom. The highest BCUT2D eigenvalue weighted by atomic mass is 35.5. The molecule has 2 N–H and O–H groups in total. The molecule has 0 atom stereocenters. The Hall–Kier alpha value is -2.49. The lowest BCUT2D eigenvalue weighted by atomic mass is 10.1. The van der Waals surface area contributed by atoms with E-state index in [1.54, 1.807) is 12.1 Å². The number of sulfonamides is 1. The van der Waals surface area contributed by atoms with Crippen molar-refractivity contribution in [1.82, 2.24) is 10.0 Å². The molecule has 0 saturated carbocycles. The normalized spacial score (nSPS) is 11.0. The minimum atomic E-state index is -3.70. The van der Waals surface area contributed by atoms with Gasteiger partial charge in [-0.3, -0.25) is 4.79 Å². The Morgan fingerprint density at radius 3 is 2.18 bits per heavy atom. The van der Waals surface area contributed by atoms with Crippen molar-refractivity contribution in [1.29, 1.82) is 0 Å². The largest absolute Gasteiger partial charge is 0.496 e. The number of carbonyl (C=O) groups excluding carboxylic acids is 1. The van der Waals surface area contributed by atoms with Gasteiger partial charge >= 0.3 is 0 Å². The molecule has 0 heterocycles. The average Bonchev–Trinajstić information content (AvgIpc) is 2.71. The number of benzene rings is 2. The second kappa shape index (κ2) is 9.13. The van der Waals surface area contributed by atoms with E-state index in [4.69, 9.17) is 25.8 Å². The van der Waals surface area contributed by atoms with Gasteiger partial charge in [0.05, 0.1) is 36.8 Å². The number of halogens is 1. The highest BCUT2D eigenvalue weighted by Gasteiger charge is 2.18. The van der Waals surface area contributed by atoms with Gasteiger partial charge in [0, 0.05) is 18.2 Å². The van der Waals surface area contributed by atoms with E-state index >= 15 is 0 Å². The molecule has 28 heavy (non-hydrogen) atoms. The third-order valence-corrected chi connectivity index (χ3v) is 5.73. The van der Waals surface area contributed by atoms with Gasteiger partial charge in [-0.15, -0.1) is 0 Å². The van der Waals surface area contributed by atoms with Crippen LogP contribution >= 0.6 is 11.6 Å². The average molecular weight is 429 g/mol. The van der Waals surface area contributed by atoms with Gasteiger partial charge in [0.1, 0.15) is 5.75 Å². The van der Waals surface area contributed by atoms with E-state index in [9.17, 15) is 13.2 Å². The Balaban J connectivity index is 2.29. The lowest BCUT2D eigenvalue weighted by molar-refractivity contribution is 0.0950. The molecule has 8 nitrogen and oxygen atoms in total. The third-order valence-electron chi connectivity index (χ3n) is 3.99. The third kappa shape index (κ3) is 4.67. The summed E-state index contributed by atoms with van der Waals surface area (Å²) < 4.78 is 41.9. The van der Waals surface area contributed by atoms with Crippen LogP contribution in [-0.4, -0.2) is 42.7 Å². The molecule has 2 aromatic rings. The molecule has 0 bridgehead atoms. The van der Waals surface area contributed by atoms with Crippen LogP contribution in [0.5, 0.6) is 17.2 Å². The standard InChI is InChI=1S/C18H21ClN2O6S/c1-20-28(23,24)12-5-6-14(19)13(8-12)18(22)21-10-11-7-16(26-3)17(27-4)9-15(11)25-2/h5-9,20H,10H2,1-4H3,(H,21,22). The number of hydrogen-bond acceptors (Lipinski definition) is 6. The van der Waals surface area contributed by atoms with Crippen molar-refractivity contribution in [3.63, 3.8) is 0 Å². The highest BCUT2D eigenvalue weighted by molar-refractivity contribution is 7.89. The molecule has 0 spiro atoms. The van der Waals surface area contributed by atoms with Gasteiger partial charge in [-0.2, -0.15) is 0 Å². The van der Waals surface area contributed by atoms with Crippen LogP contribution in [0.25, 0.3) is 0 Å². The quantitative estimate of drug-likeness (QED) is 0.668. The maximum Gasteiger partial charge on any atom is 0.253 e. The summed E-state index contributed by atoms with van der Waals surface area (Å²) in [5, 5.41) is 2.83. The van der Waals surface area contributed by atoms with Crippen LogP contribution in [0.1, 0.15) is 15.9 Å². The van der Waals surface area contributed by atoms with E-state index in [2.05, 4.69) is 10.0 Å². The van der Waals surface area contributed by atoms with Gasteiger partial charge in [-0.25, -0.2) is 13.1 Å². The first-order chi connectivity index (χ1) is 13.3. The van der Waals surface area contributed by atoms with E-state index < -0.39 is 15.9 Å². The van der Waals surface area contributed by atoms with E-state index in [1.807, 2.05) is 0 Å². The Kier molecular flexibility index (Phi) is 7.11. The molecule has 0 saturated heterocycles. The molecule has 2 aromatic carbocycles. The predicted molar refractivity (Wildman–Crippen MR) is 105 cm³/mol. The Labute approximate surface area is 168 Å². The maximum atomic E-state index is 12.6. The number of hydrogen-bond donors (Lipinski definition) is 2.